The van der Waals surface area contributed by atoms with Gasteiger partial charge in [0.15, 0.2) is 0 Å². The van der Waals surface area contributed by atoms with Gasteiger partial charge in [-0.2, -0.15) is 0 Å². The Morgan fingerprint density at radius 1 is 1.28 bits per heavy atom. The number of piperidine rings is 1. The molecule has 0 bridgehead atoms. The maximum atomic E-state index is 12.9. The minimum atomic E-state index is -3.17. The predicted molar refractivity (Wildman–Crippen MR) is 116 cm³/mol. The molecule has 29 heavy (non-hydrogen) atoms. The Morgan fingerprint density at radius 2 is 1.90 bits per heavy atom. The summed E-state index contributed by atoms with van der Waals surface area (Å²) in [5, 5.41) is 14.3. The Labute approximate surface area is 171 Å². The van der Waals surface area contributed by atoms with Crippen molar-refractivity contribution in [3.05, 3.63) is 33.9 Å². The lowest BCUT2D eigenvalue weighted by Crippen LogP contribution is -2.45. The first-order chi connectivity index (χ1) is 13.6. The van der Waals surface area contributed by atoms with Crippen LogP contribution in [0.15, 0.2) is 17.2 Å². The van der Waals surface area contributed by atoms with Crippen molar-refractivity contribution in [1.82, 2.24) is 14.2 Å². The molecule has 2 aliphatic rings. The van der Waals surface area contributed by atoms with Gasteiger partial charge in [-0.25, -0.2) is 12.7 Å². The number of rotatable bonds is 7. The largest absolute Gasteiger partial charge is 0.398 e. The van der Waals surface area contributed by atoms with Gasteiger partial charge in [0.2, 0.25) is 10.0 Å². The third-order valence-electron chi connectivity index (χ3n) is 5.88. The highest BCUT2D eigenvalue weighted by atomic mass is 32.2. The van der Waals surface area contributed by atoms with Gasteiger partial charge in [0.25, 0.3) is 5.56 Å². The van der Waals surface area contributed by atoms with E-state index in [2.05, 4.69) is 17.2 Å². The highest BCUT2D eigenvalue weighted by Crippen LogP contribution is 2.35. The quantitative estimate of drug-likeness (QED) is 0.490. The minimum absolute atomic E-state index is 0.0723. The number of aromatic nitrogens is 1. The molecule has 2 heterocycles. The molecule has 1 aromatic rings. The van der Waals surface area contributed by atoms with Crippen LogP contribution in [0.5, 0.6) is 0 Å². The molecule has 0 radical (unpaired) electrons. The van der Waals surface area contributed by atoms with E-state index in [4.69, 9.17) is 11.1 Å². The van der Waals surface area contributed by atoms with Gasteiger partial charge in [-0.15, -0.1) is 0 Å². The third kappa shape index (κ3) is 4.32. The second-order valence-corrected chi connectivity index (χ2v) is 9.87. The average molecular weight is 423 g/mol. The second kappa shape index (κ2) is 8.19. The van der Waals surface area contributed by atoms with Gasteiger partial charge in [0.05, 0.1) is 23.3 Å². The Morgan fingerprint density at radius 3 is 2.38 bits per heavy atom. The van der Waals surface area contributed by atoms with Crippen molar-refractivity contribution in [3.63, 3.8) is 0 Å². The summed E-state index contributed by atoms with van der Waals surface area (Å²) in [6.45, 7) is 6.63. The van der Waals surface area contributed by atoms with E-state index in [9.17, 15) is 13.2 Å². The van der Waals surface area contributed by atoms with Crippen LogP contribution in [0.25, 0.3) is 0 Å². The summed E-state index contributed by atoms with van der Waals surface area (Å²) in [6, 6.07) is 0.164. The molecular weight excluding hydrogens is 392 g/mol. The van der Waals surface area contributed by atoms with E-state index >= 15 is 0 Å². The van der Waals surface area contributed by atoms with Crippen molar-refractivity contribution in [2.24, 2.45) is 0 Å². The van der Waals surface area contributed by atoms with E-state index in [1.807, 2.05) is 0 Å². The molecule has 1 aliphatic carbocycles. The van der Waals surface area contributed by atoms with Gasteiger partial charge in [-0.05, 0) is 39.0 Å². The Kier molecular flexibility index (Phi) is 6.04. The number of nitrogen functional groups attached to an aromatic ring is 1. The second-order valence-electron chi connectivity index (χ2n) is 7.89. The predicted octanol–water partition coefficient (Wildman–Crippen LogP) is 1.36. The zero-order valence-electron chi connectivity index (χ0n) is 17.0. The number of sulfonamides is 1. The molecule has 0 amide bonds. The molecular formula is C19H30N6O3S. The Bertz CT molecular complexity index is 973. The van der Waals surface area contributed by atoms with E-state index in [0.717, 1.165) is 25.5 Å². The van der Waals surface area contributed by atoms with Crippen LogP contribution in [-0.2, 0) is 10.0 Å². The zero-order valence-corrected chi connectivity index (χ0v) is 17.8. The summed E-state index contributed by atoms with van der Waals surface area (Å²) in [5.41, 5.74) is 7.21. The molecule has 0 atom stereocenters. The fourth-order valence-electron chi connectivity index (χ4n) is 3.88. The standard InChI is InChI=1S/C19H30N6O3S/c1-12-17(21)16(11-20)18(25(19(12)26)15-5-4-6-15)23-13(2)22-14-7-9-24(10-8-14)29(3,27)28/h11,14-15,20,22-23H,2,4-10,21H2,1,3H3. The monoisotopic (exact) mass is 422 g/mol. The van der Waals surface area contributed by atoms with Crippen LogP contribution in [0, 0.1) is 12.3 Å². The van der Waals surface area contributed by atoms with Crippen molar-refractivity contribution >= 4 is 27.7 Å². The van der Waals surface area contributed by atoms with Crippen LogP contribution in [0.2, 0.25) is 0 Å². The lowest BCUT2D eigenvalue weighted by Gasteiger charge is -2.34. The van der Waals surface area contributed by atoms with E-state index in [0.29, 0.717) is 54.4 Å². The first-order valence-corrected chi connectivity index (χ1v) is 11.7. The lowest BCUT2D eigenvalue weighted by molar-refractivity contribution is 0.300. The van der Waals surface area contributed by atoms with Gasteiger partial charge in [0, 0.05) is 37.0 Å². The molecule has 3 rings (SSSR count). The smallest absolute Gasteiger partial charge is 0.257 e. The van der Waals surface area contributed by atoms with Crippen LogP contribution in [0.3, 0.4) is 0 Å². The van der Waals surface area contributed by atoms with E-state index in [1.54, 1.807) is 11.5 Å². The van der Waals surface area contributed by atoms with Gasteiger partial charge in [-0.3, -0.25) is 9.36 Å². The van der Waals surface area contributed by atoms with Crippen LogP contribution >= 0.6 is 0 Å². The maximum Gasteiger partial charge on any atom is 0.257 e. The molecule has 5 N–H and O–H groups in total. The zero-order chi connectivity index (χ0) is 21.3. The molecule has 2 fully saturated rings. The van der Waals surface area contributed by atoms with E-state index in [-0.39, 0.29) is 17.6 Å². The molecule has 0 spiro atoms. The summed E-state index contributed by atoms with van der Waals surface area (Å²) >= 11 is 0. The van der Waals surface area contributed by atoms with Crippen LogP contribution < -0.4 is 21.9 Å². The van der Waals surface area contributed by atoms with Gasteiger partial charge >= 0.3 is 0 Å². The van der Waals surface area contributed by atoms with Crippen LogP contribution in [-0.4, -0.2) is 48.9 Å². The summed E-state index contributed by atoms with van der Waals surface area (Å²) in [4.78, 5) is 12.9. The van der Waals surface area contributed by atoms with Crippen LogP contribution in [0.1, 0.15) is 49.3 Å². The summed E-state index contributed by atoms with van der Waals surface area (Å²) in [5.74, 6) is 0.991. The molecule has 1 saturated heterocycles. The average Bonchev–Trinajstić information content (AvgIpc) is 2.61. The number of anilines is 2. The molecule has 1 saturated carbocycles. The van der Waals surface area contributed by atoms with Crippen molar-refractivity contribution in [2.45, 2.75) is 51.1 Å². The minimum Gasteiger partial charge on any atom is -0.398 e. The highest BCUT2D eigenvalue weighted by Gasteiger charge is 2.28. The molecule has 0 aromatic carbocycles. The molecule has 9 nitrogen and oxygen atoms in total. The number of pyridine rings is 1. The van der Waals surface area contributed by atoms with E-state index in [1.165, 1.54) is 10.6 Å². The van der Waals surface area contributed by atoms with E-state index < -0.39 is 10.0 Å². The normalized spacial score (nSPS) is 18.8. The van der Waals surface area contributed by atoms with Crippen molar-refractivity contribution in [3.8, 4) is 0 Å². The van der Waals surface area contributed by atoms with Gasteiger partial charge in [0.1, 0.15) is 5.82 Å². The number of nitrogens with one attached hydrogen (secondary N) is 3. The molecule has 1 aliphatic heterocycles. The maximum absolute atomic E-state index is 12.9. The number of hydrogen-bond acceptors (Lipinski definition) is 7. The fourth-order valence-corrected chi connectivity index (χ4v) is 4.76. The van der Waals surface area contributed by atoms with Gasteiger partial charge < -0.3 is 21.8 Å². The topological polar surface area (TPSA) is 133 Å². The highest BCUT2D eigenvalue weighted by molar-refractivity contribution is 7.88. The molecule has 160 valence electrons. The Hall–Kier alpha value is -2.33. The summed E-state index contributed by atoms with van der Waals surface area (Å²) in [6.07, 6.45) is 6.61. The number of nitrogens with zero attached hydrogens (tertiary/aromatic N) is 2. The first kappa shape index (κ1) is 21.4. The van der Waals surface area contributed by atoms with Crippen molar-refractivity contribution in [2.75, 3.05) is 30.4 Å². The fraction of sp³-hybridized carbons (Fsp3) is 0.579. The number of hydrogen-bond donors (Lipinski definition) is 4. The number of nitrogens with two attached hydrogens (primary N) is 1. The third-order valence-corrected chi connectivity index (χ3v) is 7.19. The van der Waals surface area contributed by atoms with Crippen molar-refractivity contribution < 1.29 is 8.42 Å². The van der Waals surface area contributed by atoms with Crippen molar-refractivity contribution in [1.29, 1.82) is 5.41 Å². The SMILES string of the molecule is C=C(Nc1c(C=N)c(N)c(C)c(=O)n1C1CCC1)NC1CCN(S(C)(=O)=O)CC1. The summed E-state index contributed by atoms with van der Waals surface area (Å²) < 4.78 is 26.5. The molecule has 1 aromatic heterocycles. The Balaban J connectivity index is 1.78. The molecule has 0 unspecified atom stereocenters. The van der Waals surface area contributed by atoms with Crippen LogP contribution in [0.4, 0.5) is 11.5 Å². The summed E-state index contributed by atoms with van der Waals surface area (Å²) in [7, 11) is -3.17. The molecule has 10 heteroatoms. The lowest BCUT2D eigenvalue weighted by atomic mass is 9.92. The van der Waals surface area contributed by atoms with Gasteiger partial charge in [-0.1, -0.05) is 6.58 Å². The first-order valence-electron chi connectivity index (χ1n) is 9.86.